The van der Waals surface area contributed by atoms with Crippen LogP contribution in [0.5, 0.6) is 0 Å². The number of fused-ring (bicyclic) bond motifs is 1. The predicted molar refractivity (Wildman–Crippen MR) is 132 cm³/mol. The standard InChI is InChI=1S/C24H19N5O3S2/c1-15-4-3-5-23(26-15)29-21(16-6-11-19-22(12-16)33-14-25-19)13-20(28-29)24(30)27-17-7-9-18(10-8-17)34(2,31)32/h3-14H,1-2H3,(H,27,30). The summed E-state index contributed by atoms with van der Waals surface area (Å²) in [5, 5.41) is 7.33. The van der Waals surface area contributed by atoms with Crippen LogP contribution in [0.4, 0.5) is 5.69 Å². The average Bonchev–Trinajstić information content (AvgIpc) is 3.46. The Morgan fingerprint density at radius 3 is 2.56 bits per heavy atom. The molecule has 5 aromatic rings. The number of thiazole rings is 1. The highest BCUT2D eigenvalue weighted by atomic mass is 32.2. The molecule has 3 heterocycles. The van der Waals surface area contributed by atoms with Gasteiger partial charge < -0.3 is 5.32 Å². The van der Waals surface area contributed by atoms with Gasteiger partial charge in [-0.15, -0.1) is 11.3 Å². The van der Waals surface area contributed by atoms with E-state index in [1.807, 2.05) is 43.3 Å². The minimum atomic E-state index is -3.32. The van der Waals surface area contributed by atoms with E-state index in [1.54, 1.807) is 28.4 Å². The van der Waals surface area contributed by atoms with Crippen molar-refractivity contribution < 1.29 is 13.2 Å². The Kier molecular flexibility index (Phi) is 5.46. The molecule has 8 nitrogen and oxygen atoms in total. The van der Waals surface area contributed by atoms with Crippen LogP contribution in [0.25, 0.3) is 27.3 Å². The Morgan fingerprint density at radius 1 is 1.03 bits per heavy atom. The fourth-order valence-corrected chi connectivity index (χ4v) is 4.86. The van der Waals surface area contributed by atoms with Crippen molar-refractivity contribution in [3.8, 4) is 17.1 Å². The molecule has 0 bridgehead atoms. The molecule has 34 heavy (non-hydrogen) atoms. The zero-order chi connectivity index (χ0) is 23.9. The van der Waals surface area contributed by atoms with Crippen LogP contribution in [-0.4, -0.2) is 40.3 Å². The van der Waals surface area contributed by atoms with Crippen LogP contribution in [0.1, 0.15) is 16.2 Å². The smallest absolute Gasteiger partial charge is 0.276 e. The third-order valence-electron chi connectivity index (χ3n) is 5.20. The molecular weight excluding hydrogens is 470 g/mol. The number of amides is 1. The second-order valence-electron chi connectivity index (χ2n) is 7.75. The molecule has 1 amide bonds. The van der Waals surface area contributed by atoms with Gasteiger partial charge in [-0.2, -0.15) is 5.10 Å². The van der Waals surface area contributed by atoms with Gasteiger partial charge in [-0.05, 0) is 61.5 Å². The number of carbonyl (C=O) groups is 1. The van der Waals surface area contributed by atoms with E-state index in [-0.39, 0.29) is 10.6 Å². The number of rotatable bonds is 5. The van der Waals surface area contributed by atoms with Gasteiger partial charge in [0.1, 0.15) is 0 Å². The Bertz CT molecular complexity index is 1640. The molecule has 5 rings (SSSR count). The lowest BCUT2D eigenvalue weighted by Crippen LogP contribution is -2.13. The molecule has 1 N–H and O–H groups in total. The Labute approximate surface area is 199 Å². The first-order valence-electron chi connectivity index (χ1n) is 10.3. The quantitative estimate of drug-likeness (QED) is 0.389. The number of sulfone groups is 1. The van der Waals surface area contributed by atoms with Crippen molar-refractivity contribution in [1.82, 2.24) is 19.7 Å². The lowest BCUT2D eigenvalue weighted by Gasteiger charge is -2.07. The summed E-state index contributed by atoms with van der Waals surface area (Å²) in [7, 11) is -3.32. The molecule has 0 unspecified atom stereocenters. The predicted octanol–water partition coefficient (Wildman–Crippen LogP) is 4.51. The minimum Gasteiger partial charge on any atom is -0.321 e. The maximum atomic E-state index is 13.0. The molecule has 0 spiro atoms. The van der Waals surface area contributed by atoms with E-state index in [1.165, 1.54) is 23.5 Å². The molecule has 0 aliphatic rings. The van der Waals surface area contributed by atoms with Gasteiger partial charge in [-0.3, -0.25) is 4.79 Å². The lowest BCUT2D eigenvalue weighted by atomic mass is 10.1. The first kappa shape index (κ1) is 21.9. The van der Waals surface area contributed by atoms with Gasteiger partial charge in [0.05, 0.1) is 26.3 Å². The van der Waals surface area contributed by atoms with Crippen LogP contribution in [0.3, 0.4) is 0 Å². The summed E-state index contributed by atoms with van der Waals surface area (Å²) >= 11 is 1.54. The summed E-state index contributed by atoms with van der Waals surface area (Å²) in [6.07, 6.45) is 1.14. The van der Waals surface area contributed by atoms with E-state index in [0.717, 1.165) is 27.7 Å². The second-order valence-corrected chi connectivity index (χ2v) is 10.7. The van der Waals surface area contributed by atoms with E-state index in [2.05, 4.69) is 20.4 Å². The molecule has 0 aliphatic carbocycles. The lowest BCUT2D eigenvalue weighted by molar-refractivity contribution is 0.102. The first-order chi connectivity index (χ1) is 16.3. The van der Waals surface area contributed by atoms with Crippen LogP contribution < -0.4 is 5.32 Å². The highest BCUT2D eigenvalue weighted by molar-refractivity contribution is 7.90. The van der Waals surface area contributed by atoms with Gasteiger partial charge in [-0.1, -0.05) is 12.1 Å². The fourth-order valence-electron chi connectivity index (χ4n) is 3.51. The number of aromatic nitrogens is 4. The third kappa shape index (κ3) is 4.33. The fraction of sp³-hybridized carbons (Fsp3) is 0.0833. The molecule has 0 saturated carbocycles. The number of nitrogens with zero attached hydrogens (tertiary/aromatic N) is 4. The molecule has 0 fully saturated rings. The zero-order valence-corrected chi connectivity index (χ0v) is 19.9. The minimum absolute atomic E-state index is 0.182. The SMILES string of the molecule is Cc1cccc(-n2nc(C(=O)Nc3ccc(S(C)(=O)=O)cc3)cc2-c2ccc3ncsc3c2)n1. The summed E-state index contributed by atoms with van der Waals surface area (Å²) in [4.78, 5) is 22.1. The van der Waals surface area contributed by atoms with Crippen molar-refractivity contribution in [3.63, 3.8) is 0 Å². The van der Waals surface area contributed by atoms with Gasteiger partial charge in [0.2, 0.25) is 0 Å². The van der Waals surface area contributed by atoms with Crippen molar-refractivity contribution in [1.29, 1.82) is 0 Å². The van der Waals surface area contributed by atoms with Gasteiger partial charge in [0.15, 0.2) is 21.3 Å². The number of aryl methyl sites for hydroxylation is 1. The van der Waals surface area contributed by atoms with Crippen LogP contribution in [0.2, 0.25) is 0 Å². The van der Waals surface area contributed by atoms with E-state index >= 15 is 0 Å². The van der Waals surface area contributed by atoms with Crippen molar-refractivity contribution >= 4 is 43.0 Å². The molecule has 0 radical (unpaired) electrons. The summed E-state index contributed by atoms with van der Waals surface area (Å²) in [6.45, 7) is 1.89. The normalized spacial score (nSPS) is 11.6. The summed E-state index contributed by atoms with van der Waals surface area (Å²) in [5.41, 5.74) is 5.79. The van der Waals surface area contributed by atoms with Gasteiger partial charge >= 0.3 is 0 Å². The topological polar surface area (TPSA) is 107 Å². The molecule has 3 aromatic heterocycles. The van der Waals surface area contributed by atoms with E-state index in [4.69, 9.17) is 0 Å². The van der Waals surface area contributed by atoms with Gasteiger partial charge in [-0.25, -0.2) is 23.1 Å². The molecule has 0 atom stereocenters. The number of anilines is 1. The van der Waals surface area contributed by atoms with Crippen molar-refractivity contribution in [2.45, 2.75) is 11.8 Å². The van der Waals surface area contributed by atoms with Crippen molar-refractivity contribution in [3.05, 3.63) is 83.6 Å². The number of hydrogen-bond acceptors (Lipinski definition) is 7. The number of carbonyl (C=O) groups excluding carboxylic acids is 1. The maximum absolute atomic E-state index is 13.0. The molecule has 0 aliphatic heterocycles. The van der Waals surface area contributed by atoms with Crippen molar-refractivity contribution in [2.75, 3.05) is 11.6 Å². The average molecular weight is 490 g/mol. The number of hydrogen-bond donors (Lipinski definition) is 1. The summed E-state index contributed by atoms with van der Waals surface area (Å²) in [6, 6.07) is 19.2. The zero-order valence-electron chi connectivity index (χ0n) is 18.3. The monoisotopic (exact) mass is 489 g/mol. The van der Waals surface area contributed by atoms with Crippen molar-refractivity contribution in [2.24, 2.45) is 0 Å². The van der Waals surface area contributed by atoms with Crippen LogP contribution in [-0.2, 0) is 9.84 Å². The van der Waals surface area contributed by atoms with E-state index in [9.17, 15) is 13.2 Å². The number of nitrogens with one attached hydrogen (secondary N) is 1. The van der Waals surface area contributed by atoms with Gasteiger partial charge in [0.25, 0.3) is 5.91 Å². The highest BCUT2D eigenvalue weighted by Gasteiger charge is 2.19. The van der Waals surface area contributed by atoms with Crippen LogP contribution >= 0.6 is 11.3 Å². The summed E-state index contributed by atoms with van der Waals surface area (Å²) < 4.78 is 26.0. The molecule has 2 aromatic carbocycles. The molecule has 0 saturated heterocycles. The first-order valence-corrected chi connectivity index (χ1v) is 13.0. The Balaban J connectivity index is 1.54. The van der Waals surface area contributed by atoms with E-state index < -0.39 is 15.7 Å². The third-order valence-corrected chi connectivity index (χ3v) is 7.12. The molecule has 170 valence electrons. The van der Waals surface area contributed by atoms with E-state index in [0.29, 0.717) is 17.2 Å². The number of benzene rings is 2. The molecular formula is C24H19N5O3S2. The highest BCUT2D eigenvalue weighted by Crippen LogP contribution is 2.29. The van der Waals surface area contributed by atoms with Gasteiger partial charge in [0, 0.05) is 23.2 Å². The Hall–Kier alpha value is -3.89. The molecule has 10 heteroatoms. The second kappa shape index (κ2) is 8.47. The Morgan fingerprint density at radius 2 is 1.82 bits per heavy atom. The number of pyridine rings is 1. The van der Waals surface area contributed by atoms with Crippen LogP contribution in [0, 0.1) is 6.92 Å². The summed E-state index contributed by atoms with van der Waals surface area (Å²) in [5.74, 6) is 0.176. The maximum Gasteiger partial charge on any atom is 0.276 e. The van der Waals surface area contributed by atoms with Crippen LogP contribution in [0.15, 0.2) is 77.1 Å². The largest absolute Gasteiger partial charge is 0.321 e.